The van der Waals surface area contributed by atoms with Crippen molar-refractivity contribution in [1.29, 1.82) is 0 Å². The minimum Gasteiger partial charge on any atom is -0.271 e. The summed E-state index contributed by atoms with van der Waals surface area (Å²) in [7, 11) is 0. The normalized spacial score (nSPS) is 12.6. The summed E-state index contributed by atoms with van der Waals surface area (Å²) in [6.45, 7) is 5.26. The smallest absolute Gasteiger partial charge is 0.132 e. The number of hydrogen-bond donors (Lipinski definition) is 2. The van der Waals surface area contributed by atoms with E-state index in [9.17, 15) is 8.78 Å². The van der Waals surface area contributed by atoms with Crippen LogP contribution in [0.5, 0.6) is 0 Å². The molecule has 5 heteroatoms. The second-order valence-corrected chi connectivity index (χ2v) is 4.14. The Morgan fingerprint density at radius 3 is 2.27 bits per heavy atom. The first-order chi connectivity index (χ1) is 6.97. The van der Waals surface area contributed by atoms with Gasteiger partial charge in [-0.2, -0.15) is 0 Å². The maximum atomic E-state index is 13.5. The molecule has 0 aliphatic heterocycles. The number of nitrogens with two attached hydrogens (primary N) is 1. The number of rotatable bonds is 3. The summed E-state index contributed by atoms with van der Waals surface area (Å²) in [5.41, 5.74) is 2.75. The lowest BCUT2D eigenvalue weighted by Gasteiger charge is -2.17. The van der Waals surface area contributed by atoms with Gasteiger partial charge in [-0.1, -0.05) is 28.1 Å². The zero-order valence-corrected chi connectivity index (χ0v) is 9.74. The molecular weight excluding hydrogens is 266 g/mol. The van der Waals surface area contributed by atoms with Crippen molar-refractivity contribution in [3.63, 3.8) is 0 Å². The van der Waals surface area contributed by atoms with Gasteiger partial charge < -0.3 is 0 Å². The molecule has 1 aromatic carbocycles. The molecular formula is C10H11BrF2N2. The highest BCUT2D eigenvalue weighted by molar-refractivity contribution is 9.10. The molecule has 3 N–H and O–H groups in total. The predicted octanol–water partition coefficient (Wildman–Crippen LogP) is 2.81. The first kappa shape index (κ1) is 12.3. The molecule has 1 aromatic rings. The molecule has 82 valence electrons. The van der Waals surface area contributed by atoms with E-state index in [-0.39, 0.29) is 5.56 Å². The van der Waals surface area contributed by atoms with Gasteiger partial charge in [0.2, 0.25) is 0 Å². The van der Waals surface area contributed by atoms with E-state index in [1.54, 1.807) is 6.92 Å². The van der Waals surface area contributed by atoms with Crippen molar-refractivity contribution in [2.45, 2.75) is 13.0 Å². The second-order valence-electron chi connectivity index (χ2n) is 3.23. The van der Waals surface area contributed by atoms with Crippen LogP contribution >= 0.6 is 15.9 Å². The molecule has 1 unspecified atom stereocenters. The van der Waals surface area contributed by atoms with Gasteiger partial charge in [0.25, 0.3) is 0 Å². The van der Waals surface area contributed by atoms with Gasteiger partial charge in [-0.25, -0.2) is 14.2 Å². The van der Waals surface area contributed by atoms with E-state index in [2.05, 4.69) is 27.9 Å². The van der Waals surface area contributed by atoms with Gasteiger partial charge >= 0.3 is 0 Å². The van der Waals surface area contributed by atoms with Crippen molar-refractivity contribution in [3.8, 4) is 0 Å². The van der Waals surface area contributed by atoms with E-state index in [1.165, 1.54) is 12.1 Å². The lowest BCUT2D eigenvalue weighted by molar-refractivity contribution is 0.506. The maximum absolute atomic E-state index is 13.5. The van der Waals surface area contributed by atoms with Crippen LogP contribution in [0.4, 0.5) is 8.78 Å². The van der Waals surface area contributed by atoms with Gasteiger partial charge in [0.1, 0.15) is 11.6 Å². The highest BCUT2D eigenvalue weighted by atomic mass is 79.9. The van der Waals surface area contributed by atoms with E-state index in [0.29, 0.717) is 10.0 Å². The third-order valence-electron chi connectivity index (χ3n) is 1.99. The van der Waals surface area contributed by atoms with E-state index in [1.807, 2.05) is 0 Å². The standard InChI is InChI=1S/C10H11BrF2N2/c1-5(2)10(15-14)9-7(12)3-6(11)4-8(9)13/h3-4,10,15H,1,14H2,2H3. The van der Waals surface area contributed by atoms with E-state index in [4.69, 9.17) is 5.84 Å². The number of hydrogen-bond acceptors (Lipinski definition) is 2. The first-order valence-electron chi connectivity index (χ1n) is 4.23. The molecule has 0 aliphatic carbocycles. The van der Waals surface area contributed by atoms with Crippen LogP contribution in [0.2, 0.25) is 0 Å². The minimum absolute atomic E-state index is 0.117. The van der Waals surface area contributed by atoms with Crippen molar-refractivity contribution >= 4 is 15.9 Å². The monoisotopic (exact) mass is 276 g/mol. The molecule has 0 aliphatic rings. The van der Waals surface area contributed by atoms with Crippen molar-refractivity contribution < 1.29 is 8.78 Å². The molecule has 0 saturated heterocycles. The van der Waals surface area contributed by atoms with Crippen molar-refractivity contribution in [1.82, 2.24) is 5.43 Å². The summed E-state index contributed by atoms with van der Waals surface area (Å²) in [6.07, 6.45) is 0. The van der Waals surface area contributed by atoms with Crippen LogP contribution in [-0.2, 0) is 0 Å². The molecule has 1 atom stereocenters. The highest BCUT2D eigenvalue weighted by Gasteiger charge is 2.20. The van der Waals surface area contributed by atoms with Gasteiger partial charge in [0, 0.05) is 10.0 Å². The minimum atomic E-state index is -0.724. The third-order valence-corrected chi connectivity index (χ3v) is 2.45. The summed E-state index contributed by atoms with van der Waals surface area (Å²) in [4.78, 5) is 0. The molecule has 0 bridgehead atoms. The fraction of sp³-hybridized carbons (Fsp3) is 0.200. The average molecular weight is 277 g/mol. The maximum Gasteiger partial charge on any atom is 0.132 e. The van der Waals surface area contributed by atoms with E-state index >= 15 is 0 Å². The summed E-state index contributed by atoms with van der Waals surface area (Å²) in [5, 5.41) is 0. The number of nitrogens with one attached hydrogen (secondary N) is 1. The van der Waals surface area contributed by atoms with Crippen LogP contribution < -0.4 is 11.3 Å². The van der Waals surface area contributed by atoms with Crippen molar-refractivity contribution in [2.75, 3.05) is 0 Å². The Labute approximate surface area is 95.3 Å². The topological polar surface area (TPSA) is 38.0 Å². The van der Waals surface area contributed by atoms with Crippen LogP contribution in [0.3, 0.4) is 0 Å². The van der Waals surface area contributed by atoms with Crippen molar-refractivity contribution in [3.05, 3.63) is 46.0 Å². The lowest BCUT2D eigenvalue weighted by atomic mass is 10.0. The number of benzene rings is 1. The molecule has 0 amide bonds. The Kier molecular flexibility index (Phi) is 3.96. The van der Waals surface area contributed by atoms with Gasteiger partial charge in [-0.3, -0.25) is 5.84 Å². The van der Waals surface area contributed by atoms with E-state index in [0.717, 1.165) is 0 Å². The second kappa shape index (κ2) is 4.83. The molecule has 15 heavy (non-hydrogen) atoms. The van der Waals surface area contributed by atoms with Gasteiger partial charge in [-0.05, 0) is 19.1 Å². The van der Waals surface area contributed by atoms with Gasteiger partial charge in [-0.15, -0.1) is 0 Å². The quantitative estimate of drug-likeness (QED) is 0.506. The summed E-state index contributed by atoms with van der Waals surface area (Å²) >= 11 is 3.00. The largest absolute Gasteiger partial charge is 0.271 e. The fourth-order valence-corrected chi connectivity index (χ4v) is 1.70. The van der Waals surface area contributed by atoms with Crippen LogP contribution in [0, 0.1) is 11.6 Å². The fourth-order valence-electron chi connectivity index (χ4n) is 1.30. The number of hydrazine groups is 1. The zero-order valence-electron chi connectivity index (χ0n) is 8.15. The van der Waals surface area contributed by atoms with Crippen molar-refractivity contribution in [2.24, 2.45) is 5.84 Å². The summed E-state index contributed by atoms with van der Waals surface area (Å²) in [6, 6.07) is 1.65. The van der Waals surface area contributed by atoms with E-state index < -0.39 is 17.7 Å². The summed E-state index contributed by atoms with van der Waals surface area (Å²) in [5.74, 6) is 3.91. The Bertz CT molecular complexity index is 370. The third kappa shape index (κ3) is 2.62. The molecule has 0 aromatic heterocycles. The number of halogens is 3. The highest BCUT2D eigenvalue weighted by Crippen LogP contribution is 2.27. The van der Waals surface area contributed by atoms with Crippen LogP contribution in [0.1, 0.15) is 18.5 Å². The van der Waals surface area contributed by atoms with Gasteiger partial charge in [0.05, 0.1) is 6.04 Å². The molecule has 1 rings (SSSR count). The molecule has 0 fully saturated rings. The lowest BCUT2D eigenvalue weighted by Crippen LogP contribution is -2.30. The van der Waals surface area contributed by atoms with Gasteiger partial charge in [0.15, 0.2) is 0 Å². The predicted molar refractivity (Wildman–Crippen MR) is 58.9 cm³/mol. The Morgan fingerprint density at radius 1 is 1.47 bits per heavy atom. The zero-order chi connectivity index (χ0) is 11.6. The molecule has 0 radical (unpaired) electrons. The molecule has 0 spiro atoms. The Hall–Kier alpha value is -0.780. The van der Waals surface area contributed by atoms with Crippen LogP contribution in [-0.4, -0.2) is 0 Å². The molecule has 0 heterocycles. The van der Waals surface area contributed by atoms with Crippen LogP contribution in [0.15, 0.2) is 28.8 Å². The SMILES string of the molecule is C=C(C)C(NN)c1c(F)cc(Br)cc1F. The van der Waals surface area contributed by atoms with Crippen LogP contribution in [0.25, 0.3) is 0 Å². The Balaban J connectivity index is 3.29. The molecule has 0 saturated carbocycles. The Morgan fingerprint density at radius 2 is 1.93 bits per heavy atom. The first-order valence-corrected chi connectivity index (χ1v) is 5.02. The molecule has 2 nitrogen and oxygen atoms in total. The average Bonchev–Trinajstić information content (AvgIpc) is 2.09. The summed E-state index contributed by atoms with van der Waals surface area (Å²) < 4.78 is 27.4.